The molecule has 4 nitrogen and oxygen atoms in total. The zero-order valence-electron chi connectivity index (χ0n) is 11.7. The van der Waals surface area contributed by atoms with Crippen molar-refractivity contribution in [2.75, 3.05) is 11.1 Å². The Morgan fingerprint density at radius 1 is 1.30 bits per heavy atom. The van der Waals surface area contributed by atoms with Gasteiger partial charge in [0.25, 0.3) is 0 Å². The smallest absolute Gasteiger partial charge is 0.126 e. The molecule has 0 bridgehead atoms. The first kappa shape index (κ1) is 12.5. The van der Waals surface area contributed by atoms with E-state index in [4.69, 9.17) is 5.73 Å². The van der Waals surface area contributed by atoms with Crippen LogP contribution in [0, 0.1) is 6.92 Å². The van der Waals surface area contributed by atoms with Crippen molar-refractivity contribution in [3.05, 3.63) is 53.9 Å². The molecule has 2 heterocycles. The van der Waals surface area contributed by atoms with E-state index in [0.29, 0.717) is 0 Å². The lowest BCUT2D eigenvalue weighted by molar-refractivity contribution is 0.954. The Labute approximate surface area is 118 Å². The van der Waals surface area contributed by atoms with Crippen molar-refractivity contribution < 1.29 is 0 Å². The SMILES string of the molecule is Cc1cc(NCc2cn(C)c3ccccc23)ncc1N. The summed E-state index contributed by atoms with van der Waals surface area (Å²) in [6.07, 6.45) is 3.85. The largest absolute Gasteiger partial charge is 0.397 e. The highest BCUT2D eigenvalue weighted by Crippen LogP contribution is 2.21. The van der Waals surface area contributed by atoms with Crippen molar-refractivity contribution in [3.8, 4) is 0 Å². The molecule has 0 saturated heterocycles. The molecule has 0 atom stereocenters. The van der Waals surface area contributed by atoms with E-state index in [1.165, 1.54) is 16.5 Å². The van der Waals surface area contributed by atoms with Crippen LogP contribution in [0.5, 0.6) is 0 Å². The van der Waals surface area contributed by atoms with Crippen molar-refractivity contribution in [1.29, 1.82) is 0 Å². The number of nitrogen functional groups attached to an aromatic ring is 1. The maximum atomic E-state index is 5.78. The molecule has 0 radical (unpaired) electrons. The molecular formula is C16H18N4. The number of hydrogen-bond donors (Lipinski definition) is 2. The predicted molar refractivity (Wildman–Crippen MR) is 83.6 cm³/mol. The van der Waals surface area contributed by atoms with Gasteiger partial charge in [0.2, 0.25) is 0 Å². The van der Waals surface area contributed by atoms with Crippen LogP contribution in [0.3, 0.4) is 0 Å². The number of fused-ring (bicyclic) bond motifs is 1. The highest BCUT2D eigenvalue weighted by atomic mass is 15.0. The van der Waals surface area contributed by atoms with Gasteiger partial charge in [-0.25, -0.2) is 4.98 Å². The van der Waals surface area contributed by atoms with E-state index in [0.717, 1.165) is 23.6 Å². The van der Waals surface area contributed by atoms with E-state index < -0.39 is 0 Å². The summed E-state index contributed by atoms with van der Waals surface area (Å²) in [6, 6.07) is 10.4. The number of rotatable bonds is 3. The van der Waals surface area contributed by atoms with Crippen molar-refractivity contribution in [1.82, 2.24) is 9.55 Å². The van der Waals surface area contributed by atoms with Crippen LogP contribution in [0.2, 0.25) is 0 Å². The lowest BCUT2D eigenvalue weighted by atomic mass is 10.2. The number of nitrogens with zero attached hydrogens (tertiary/aromatic N) is 2. The third-order valence-electron chi connectivity index (χ3n) is 3.59. The fraction of sp³-hybridized carbons (Fsp3) is 0.188. The van der Waals surface area contributed by atoms with Crippen LogP contribution in [-0.2, 0) is 13.6 Å². The van der Waals surface area contributed by atoms with Gasteiger partial charge in [0.05, 0.1) is 11.9 Å². The van der Waals surface area contributed by atoms with E-state index in [9.17, 15) is 0 Å². The molecule has 0 amide bonds. The van der Waals surface area contributed by atoms with Crippen LogP contribution < -0.4 is 11.1 Å². The number of nitrogens with two attached hydrogens (primary N) is 1. The standard InChI is InChI=1S/C16H18N4/c1-11-7-16(19-9-14(11)17)18-8-12-10-20(2)15-6-4-3-5-13(12)15/h3-7,9-10H,8,17H2,1-2H3,(H,18,19). The lowest BCUT2D eigenvalue weighted by Crippen LogP contribution is -2.02. The third kappa shape index (κ3) is 2.20. The molecule has 4 heteroatoms. The van der Waals surface area contributed by atoms with Gasteiger partial charge in [0.15, 0.2) is 0 Å². The van der Waals surface area contributed by atoms with Gasteiger partial charge in [0, 0.05) is 30.7 Å². The summed E-state index contributed by atoms with van der Waals surface area (Å²) in [5.74, 6) is 0.852. The number of anilines is 2. The van der Waals surface area contributed by atoms with E-state index >= 15 is 0 Å². The first-order valence-electron chi connectivity index (χ1n) is 6.64. The number of aromatic nitrogens is 2. The zero-order chi connectivity index (χ0) is 14.1. The Kier molecular flexibility index (Phi) is 3.06. The Balaban J connectivity index is 1.85. The molecule has 3 rings (SSSR count). The van der Waals surface area contributed by atoms with Crippen molar-refractivity contribution in [2.24, 2.45) is 7.05 Å². The molecule has 0 unspecified atom stereocenters. The average Bonchev–Trinajstić information content (AvgIpc) is 2.78. The average molecular weight is 266 g/mol. The highest BCUT2D eigenvalue weighted by Gasteiger charge is 2.06. The molecule has 3 N–H and O–H groups in total. The lowest BCUT2D eigenvalue weighted by Gasteiger charge is -2.07. The molecule has 102 valence electrons. The molecule has 2 aromatic heterocycles. The van der Waals surface area contributed by atoms with E-state index in [1.807, 2.05) is 13.0 Å². The highest BCUT2D eigenvalue weighted by molar-refractivity contribution is 5.84. The molecule has 0 spiro atoms. The van der Waals surface area contributed by atoms with Crippen LogP contribution >= 0.6 is 0 Å². The summed E-state index contributed by atoms with van der Waals surface area (Å²) < 4.78 is 2.15. The first-order chi connectivity index (χ1) is 9.65. The van der Waals surface area contributed by atoms with Gasteiger partial charge in [0.1, 0.15) is 5.82 Å². The molecule has 20 heavy (non-hydrogen) atoms. The van der Waals surface area contributed by atoms with Gasteiger partial charge in [-0.2, -0.15) is 0 Å². The number of nitrogens with one attached hydrogen (secondary N) is 1. The van der Waals surface area contributed by atoms with Crippen LogP contribution in [-0.4, -0.2) is 9.55 Å². The molecular weight excluding hydrogens is 248 g/mol. The quantitative estimate of drug-likeness (QED) is 0.766. The third-order valence-corrected chi connectivity index (χ3v) is 3.59. The molecule has 1 aromatic carbocycles. The number of hydrogen-bond acceptors (Lipinski definition) is 3. The predicted octanol–water partition coefficient (Wildman–Crippen LogP) is 3.08. The Bertz CT molecular complexity index is 758. The molecule has 0 saturated carbocycles. The van der Waals surface area contributed by atoms with Gasteiger partial charge in [-0.1, -0.05) is 18.2 Å². The second-order valence-corrected chi connectivity index (χ2v) is 5.06. The van der Waals surface area contributed by atoms with Crippen LogP contribution in [0.1, 0.15) is 11.1 Å². The minimum Gasteiger partial charge on any atom is -0.397 e. The minimum atomic E-state index is 0.723. The van der Waals surface area contributed by atoms with Gasteiger partial charge in [-0.3, -0.25) is 0 Å². The summed E-state index contributed by atoms with van der Waals surface area (Å²) in [5.41, 5.74) is 10.0. The van der Waals surface area contributed by atoms with Crippen LogP contribution in [0.15, 0.2) is 42.7 Å². The number of para-hydroxylation sites is 1. The van der Waals surface area contributed by atoms with Crippen LogP contribution in [0.4, 0.5) is 11.5 Å². The number of aryl methyl sites for hydroxylation is 2. The fourth-order valence-electron chi connectivity index (χ4n) is 2.42. The molecule has 0 aliphatic rings. The number of pyridine rings is 1. The van der Waals surface area contributed by atoms with E-state index in [-0.39, 0.29) is 0 Å². The summed E-state index contributed by atoms with van der Waals surface area (Å²) >= 11 is 0. The topological polar surface area (TPSA) is 55.9 Å². The normalized spacial score (nSPS) is 10.9. The van der Waals surface area contributed by atoms with E-state index in [2.05, 4.69) is 52.4 Å². The summed E-state index contributed by atoms with van der Waals surface area (Å²) in [7, 11) is 2.07. The Morgan fingerprint density at radius 3 is 2.90 bits per heavy atom. The second-order valence-electron chi connectivity index (χ2n) is 5.06. The Morgan fingerprint density at radius 2 is 2.10 bits per heavy atom. The van der Waals surface area contributed by atoms with Gasteiger partial charge >= 0.3 is 0 Å². The van der Waals surface area contributed by atoms with Crippen molar-refractivity contribution in [2.45, 2.75) is 13.5 Å². The van der Waals surface area contributed by atoms with E-state index in [1.54, 1.807) is 6.20 Å². The minimum absolute atomic E-state index is 0.723. The molecule has 0 aliphatic heterocycles. The summed E-state index contributed by atoms with van der Waals surface area (Å²) in [6.45, 7) is 2.73. The van der Waals surface area contributed by atoms with Gasteiger partial charge in [-0.05, 0) is 30.2 Å². The zero-order valence-corrected chi connectivity index (χ0v) is 11.7. The second kappa shape index (κ2) is 4.89. The Hall–Kier alpha value is -2.49. The molecule has 3 aromatic rings. The molecule has 0 fully saturated rings. The fourth-order valence-corrected chi connectivity index (χ4v) is 2.42. The van der Waals surface area contributed by atoms with Gasteiger partial charge < -0.3 is 15.6 Å². The number of benzene rings is 1. The summed E-state index contributed by atoms with van der Waals surface area (Å²) in [4.78, 5) is 4.30. The molecule has 0 aliphatic carbocycles. The maximum absolute atomic E-state index is 5.78. The van der Waals surface area contributed by atoms with Crippen LogP contribution in [0.25, 0.3) is 10.9 Å². The van der Waals surface area contributed by atoms with Crippen molar-refractivity contribution >= 4 is 22.4 Å². The summed E-state index contributed by atoms with van der Waals surface area (Å²) in [5, 5.41) is 4.63. The maximum Gasteiger partial charge on any atom is 0.126 e. The van der Waals surface area contributed by atoms with Crippen molar-refractivity contribution in [3.63, 3.8) is 0 Å². The first-order valence-corrected chi connectivity index (χ1v) is 6.64. The monoisotopic (exact) mass is 266 g/mol. The van der Waals surface area contributed by atoms with Gasteiger partial charge in [-0.15, -0.1) is 0 Å².